The Morgan fingerprint density at radius 2 is 2.46 bits per heavy atom. The second-order valence-electron chi connectivity index (χ2n) is 3.45. The fourth-order valence-electron chi connectivity index (χ4n) is 1.61. The first-order valence-electron chi connectivity index (χ1n) is 4.46. The standard InChI is InChI=1S/C10H14O3/c1-2-3-4-5-10(9(11)12)6-7-13-8-10/h1H,3-8H2,(H,11,12). The van der Waals surface area contributed by atoms with Crippen LogP contribution in [0.2, 0.25) is 0 Å². The van der Waals surface area contributed by atoms with E-state index in [4.69, 9.17) is 16.3 Å². The van der Waals surface area contributed by atoms with Gasteiger partial charge in [0.15, 0.2) is 0 Å². The van der Waals surface area contributed by atoms with E-state index in [1.54, 1.807) is 0 Å². The largest absolute Gasteiger partial charge is 0.481 e. The molecule has 1 atom stereocenters. The number of terminal acetylenes is 1. The summed E-state index contributed by atoms with van der Waals surface area (Å²) in [5.74, 6) is 1.77. The smallest absolute Gasteiger partial charge is 0.312 e. The molecular weight excluding hydrogens is 168 g/mol. The van der Waals surface area contributed by atoms with Gasteiger partial charge in [-0.1, -0.05) is 0 Å². The van der Waals surface area contributed by atoms with Crippen molar-refractivity contribution < 1.29 is 14.6 Å². The van der Waals surface area contributed by atoms with Crippen LogP contribution in [0.5, 0.6) is 0 Å². The highest BCUT2D eigenvalue weighted by atomic mass is 16.5. The Bertz CT molecular complexity index is 221. The van der Waals surface area contributed by atoms with Crippen molar-refractivity contribution in [2.45, 2.75) is 25.7 Å². The molecule has 3 nitrogen and oxygen atoms in total. The Morgan fingerprint density at radius 1 is 1.69 bits per heavy atom. The quantitative estimate of drug-likeness (QED) is 0.526. The van der Waals surface area contributed by atoms with Crippen LogP contribution in [0.4, 0.5) is 0 Å². The lowest BCUT2D eigenvalue weighted by Gasteiger charge is -2.20. The Labute approximate surface area is 78.1 Å². The maximum Gasteiger partial charge on any atom is 0.312 e. The number of aliphatic carboxylic acids is 1. The third kappa shape index (κ3) is 2.22. The van der Waals surface area contributed by atoms with E-state index < -0.39 is 11.4 Å². The normalized spacial score (nSPS) is 27.0. The minimum atomic E-state index is -0.748. The zero-order chi connectivity index (χ0) is 9.73. The van der Waals surface area contributed by atoms with Crippen LogP contribution in [0.1, 0.15) is 25.7 Å². The van der Waals surface area contributed by atoms with Gasteiger partial charge in [-0.15, -0.1) is 12.3 Å². The first-order chi connectivity index (χ1) is 6.21. The Morgan fingerprint density at radius 3 is 2.92 bits per heavy atom. The zero-order valence-electron chi connectivity index (χ0n) is 7.58. The van der Waals surface area contributed by atoms with Gasteiger partial charge in [-0.25, -0.2) is 0 Å². The second kappa shape index (κ2) is 4.29. The van der Waals surface area contributed by atoms with Crippen LogP contribution in [-0.4, -0.2) is 24.3 Å². The van der Waals surface area contributed by atoms with E-state index in [9.17, 15) is 4.79 Å². The Balaban J connectivity index is 2.48. The van der Waals surface area contributed by atoms with Gasteiger partial charge in [0.05, 0.1) is 12.0 Å². The predicted molar refractivity (Wildman–Crippen MR) is 48.2 cm³/mol. The van der Waals surface area contributed by atoms with Crippen LogP contribution >= 0.6 is 0 Å². The van der Waals surface area contributed by atoms with Crippen molar-refractivity contribution >= 4 is 5.97 Å². The van der Waals surface area contributed by atoms with Crippen LogP contribution < -0.4 is 0 Å². The van der Waals surface area contributed by atoms with E-state index in [1.807, 2.05) is 0 Å². The summed E-state index contributed by atoms with van der Waals surface area (Å²) in [6.07, 6.45) is 7.77. The average Bonchev–Trinajstić information content (AvgIpc) is 2.55. The van der Waals surface area contributed by atoms with E-state index >= 15 is 0 Å². The molecule has 1 rings (SSSR count). The van der Waals surface area contributed by atoms with Gasteiger partial charge < -0.3 is 9.84 Å². The molecule has 1 aliphatic heterocycles. The topological polar surface area (TPSA) is 46.5 Å². The highest BCUT2D eigenvalue weighted by Gasteiger charge is 2.41. The Kier molecular flexibility index (Phi) is 3.32. The molecule has 0 bridgehead atoms. The van der Waals surface area contributed by atoms with E-state index in [2.05, 4.69) is 5.92 Å². The number of ether oxygens (including phenoxy) is 1. The number of unbranched alkanes of at least 4 members (excludes halogenated alkanes) is 1. The van der Waals surface area contributed by atoms with E-state index in [1.165, 1.54) is 0 Å². The molecule has 1 saturated heterocycles. The highest BCUT2D eigenvalue weighted by Crippen LogP contribution is 2.34. The third-order valence-electron chi connectivity index (χ3n) is 2.53. The van der Waals surface area contributed by atoms with Crippen LogP contribution in [0.3, 0.4) is 0 Å². The fourth-order valence-corrected chi connectivity index (χ4v) is 1.61. The van der Waals surface area contributed by atoms with E-state index in [0.717, 1.165) is 6.42 Å². The number of hydrogen-bond acceptors (Lipinski definition) is 2. The molecule has 1 heterocycles. The number of carboxylic acid groups (broad SMARTS) is 1. The number of carbonyl (C=O) groups is 1. The van der Waals surface area contributed by atoms with Gasteiger partial charge in [0, 0.05) is 13.0 Å². The molecule has 3 heteroatoms. The van der Waals surface area contributed by atoms with Crippen molar-refractivity contribution in [2.24, 2.45) is 5.41 Å². The van der Waals surface area contributed by atoms with Crippen LogP contribution in [0.15, 0.2) is 0 Å². The zero-order valence-corrected chi connectivity index (χ0v) is 7.58. The van der Waals surface area contributed by atoms with Gasteiger partial charge in [-0.05, 0) is 19.3 Å². The second-order valence-corrected chi connectivity index (χ2v) is 3.45. The van der Waals surface area contributed by atoms with Crippen molar-refractivity contribution in [1.82, 2.24) is 0 Å². The summed E-state index contributed by atoms with van der Waals surface area (Å²) in [5.41, 5.74) is -0.656. The van der Waals surface area contributed by atoms with Crippen LogP contribution in [-0.2, 0) is 9.53 Å². The van der Waals surface area contributed by atoms with Gasteiger partial charge in [0.2, 0.25) is 0 Å². The molecule has 1 aliphatic rings. The van der Waals surface area contributed by atoms with E-state index in [-0.39, 0.29) is 0 Å². The molecule has 1 unspecified atom stereocenters. The van der Waals surface area contributed by atoms with Crippen molar-refractivity contribution in [3.63, 3.8) is 0 Å². The summed E-state index contributed by atoms with van der Waals surface area (Å²) in [7, 11) is 0. The van der Waals surface area contributed by atoms with Crippen molar-refractivity contribution in [1.29, 1.82) is 0 Å². The maximum atomic E-state index is 11.0. The monoisotopic (exact) mass is 182 g/mol. The molecule has 0 saturated carbocycles. The van der Waals surface area contributed by atoms with Crippen LogP contribution in [0.25, 0.3) is 0 Å². The lowest BCUT2D eigenvalue weighted by Crippen LogP contribution is -2.31. The van der Waals surface area contributed by atoms with Crippen molar-refractivity contribution in [3.05, 3.63) is 0 Å². The molecule has 0 aromatic rings. The van der Waals surface area contributed by atoms with Gasteiger partial charge in [0.1, 0.15) is 0 Å². The molecular formula is C10H14O3. The molecule has 1 fully saturated rings. The molecule has 0 aromatic heterocycles. The summed E-state index contributed by atoms with van der Waals surface area (Å²) in [5, 5.41) is 9.03. The third-order valence-corrected chi connectivity index (χ3v) is 2.53. The van der Waals surface area contributed by atoms with E-state index in [0.29, 0.717) is 32.5 Å². The predicted octanol–water partition coefficient (Wildman–Crippen LogP) is 1.28. The highest BCUT2D eigenvalue weighted by molar-refractivity contribution is 5.75. The number of carboxylic acids is 1. The molecule has 0 radical (unpaired) electrons. The summed E-state index contributed by atoms with van der Waals surface area (Å²) < 4.78 is 5.12. The van der Waals surface area contributed by atoms with Crippen LogP contribution in [0, 0.1) is 17.8 Å². The Hall–Kier alpha value is -1.01. The molecule has 0 aromatic carbocycles. The molecule has 0 spiro atoms. The number of rotatable bonds is 4. The number of hydrogen-bond donors (Lipinski definition) is 1. The summed E-state index contributed by atoms with van der Waals surface area (Å²) in [6.45, 7) is 0.898. The SMILES string of the molecule is C#CCCCC1(C(=O)O)CCOC1. The molecule has 1 N–H and O–H groups in total. The first-order valence-corrected chi connectivity index (χ1v) is 4.46. The molecule has 0 amide bonds. The summed E-state index contributed by atoms with van der Waals surface area (Å²) >= 11 is 0. The van der Waals surface area contributed by atoms with Crippen molar-refractivity contribution in [3.8, 4) is 12.3 Å². The van der Waals surface area contributed by atoms with Gasteiger partial charge in [-0.2, -0.15) is 0 Å². The first kappa shape index (κ1) is 10.1. The summed E-state index contributed by atoms with van der Waals surface area (Å²) in [6, 6.07) is 0. The fraction of sp³-hybridized carbons (Fsp3) is 0.700. The molecule has 72 valence electrons. The lowest BCUT2D eigenvalue weighted by atomic mass is 9.82. The van der Waals surface area contributed by atoms with Gasteiger partial charge in [-0.3, -0.25) is 4.79 Å². The average molecular weight is 182 g/mol. The van der Waals surface area contributed by atoms with Crippen molar-refractivity contribution in [2.75, 3.05) is 13.2 Å². The lowest BCUT2D eigenvalue weighted by molar-refractivity contribution is -0.149. The van der Waals surface area contributed by atoms with Gasteiger partial charge >= 0.3 is 5.97 Å². The minimum absolute atomic E-state index is 0.340. The molecule has 0 aliphatic carbocycles. The van der Waals surface area contributed by atoms with Gasteiger partial charge in [0.25, 0.3) is 0 Å². The summed E-state index contributed by atoms with van der Waals surface area (Å²) in [4.78, 5) is 11.0. The minimum Gasteiger partial charge on any atom is -0.481 e. The molecule has 13 heavy (non-hydrogen) atoms. The maximum absolute atomic E-state index is 11.0.